The predicted octanol–water partition coefficient (Wildman–Crippen LogP) is 3.83. The van der Waals surface area contributed by atoms with Gasteiger partial charge < -0.3 is 0 Å². The minimum absolute atomic E-state index is 0.277. The third kappa shape index (κ3) is 2.07. The molecule has 0 saturated heterocycles. The van der Waals surface area contributed by atoms with Gasteiger partial charge in [0.2, 0.25) is 0 Å². The summed E-state index contributed by atoms with van der Waals surface area (Å²) in [4.78, 5) is 0. The fourth-order valence-corrected chi connectivity index (χ4v) is 2.20. The Morgan fingerprint density at radius 1 is 1.27 bits per heavy atom. The average molecular weight is 220 g/mol. The Hall–Kier alpha value is -1.21. The zero-order valence-corrected chi connectivity index (χ0v) is 9.48. The molecular weight excluding hydrogens is 206 g/mol. The molecule has 1 heterocycles. The van der Waals surface area contributed by atoms with E-state index in [9.17, 15) is 0 Å². The van der Waals surface area contributed by atoms with E-state index in [1.54, 1.807) is 4.42 Å². The van der Waals surface area contributed by atoms with Crippen LogP contribution in [0.15, 0.2) is 48.7 Å². The van der Waals surface area contributed by atoms with Crippen LogP contribution in [0.3, 0.4) is 0 Å². The molecule has 0 radical (unpaired) electrons. The van der Waals surface area contributed by atoms with Gasteiger partial charge in [-0.1, -0.05) is 43.3 Å². The Balaban J connectivity index is 2.35. The van der Waals surface area contributed by atoms with Crippen molar-refractivity contribution in [2.75, 3.05) is 0 Å². The van der Waals surface area contributed by atoms with Gasteiger partial charge in [0.05, 0.1) is 6.04 Å². The number of hydrogen-bond acceptors (Lipinski definition) is 1. The second-order valence-corrected chi connectivity index (χ2v) is 3.99. The maximum Gasteiger partial charge on any atom is 0.0705 e. The molecule has 1 atom stereocenters. The van der Waals surface area contributed by atoms with Crippen LogP contribution < -0.4 is 0 Å². The Kier molecular flexibility index (Phi) is 3.12. The lowest BCUT2D eigenvalue weighted by molar-refractivity contribution is 0.497. The van der Waals surface area contributed by atoms with Crippen LogP contribution in [0.25, 0.3) is 5.57 Å². The van der Waals surface area contributed by atoms with Crippen LogP contribution in [0, 0.1) is 0 Å². The van der Waals surface area contributed by atoms with Crippen molar-refractivity contribution in [1.82, 2.24) is 4.42 Å². The molecule has 1 aromatic carbocycles. The summed E-state index contributed by atoms with van der Waals surface area (Å²) >= 11 is 6.13. The lowest BCUT2D eigenvalue weighted by Gasteiger charge is -2.28. The summed E-state index contributed by atoms with van der Waals surface area (Å²) in [6, 6.07) is 10.7. The summed E-state index contributed by atoms with van der Waals surface area (Å²) in [5.74, 6) is 0. The van der Waals surface area contributed by atoms with E-state index in [1.807, 2.05) is 18.3 Å². The molecule has 1 aliphatic rings. The highest BCUT2D eigenvalue weighted by atomic mass is 35.5. The van der Waals surface area contributed by atoms with Crippen LogP contribution in [0.2, 0.25) is 0 Å². The van der Waals surface area contributed by atoms with E-state index in [2.05, 4.69) is 37.3 Å². The van der Waals surface area contributed by atoms with Gasteiger partial charge in [0, 0.05) is 18.0 Å². The lowest BCUT2D eigenvalue weighted by atomic mass is 9.95. The molecule has 2 rings (SSSR count). The first-order valence-electron chi connectivity index (χ1n) is 5.21. The van der Waals surface area contributed by atoms with Crippen LogP contribution in [0.1, 0.15) is 18.9 Å². The minimum Gasteiger partial charge on any atom is -0.285 e. The van der Waals surface area contributed by atoms with Crippen LogP contribution in [0.4, 0.5) is 0 Å². The van der Waals surface area contributed by atoms with E-state index in [1.165, 1.54) is 11.1 Å². The van der Waals surface area contributed by atoms with Crippen LogP contribution in [0.5, 0.6) is 0 Å². The third-order valence-electron chi connectivity index (χ3n) is 2.65. The number of rotatable bonds is 2. The standard InChI is InChI=1S/C13H14ClN/c1-2-13-12(9-6-10-15(13)14)11-7-4-3-5-8-11/h3-10,13H,2H2,1H3. The molecule has 0 fully saturated rings. The van der Waals surface area contributed by atoms with E-state index in [-0.39, 0.29) is 6.04 Å². The monoisotopic (exact) mass is 219 g/mol. The first-order valence-corrected chi connectivity index (χ1v) is 5.54. The quantitative estimate of drug-likeness (QED) is 0.684. The van der Waals surface area contributed by atoms with Crippen molar-refractivity contribution >= 4 is 17.3 Å². The molecule has 0 aliphatic carbocycles. The van der Waals surface area contributed by atoms with Crippen molar-refractivity contribution in [1.29, 1.82) is 0 Å². The molecule has 0 spiro atoms. The van der Waals surface area contributed by atoms with Crippen molar-refractivity contribution < 1.29 is 0 Å². The van der Waals surface area contributed by atoms with Crippen molar-refractivity contribution in [3.63, 3.8) is 0 Å². The zero-order valence-electron chi connectivity index (χ0n) is 8.73. The molecule has 0 aromatic heterocycles. The highest BCUT2D eigenvalue weighted by Gasteiger charge is 2.20. The van der Waals surface area contributed by atoms with Gasteiger partial charge in [0.25, 0.3) is 0 Å². The van der Waals surface area contributed by atoms with Crippen molar-refractivity contribution in [3.8, 4) is 0 Å². The smallest absolute Gasteiger partial charge is 0.0705 e. The molecule has 15 heavy (non-hydrogen) atoms. The first kappa shape index (κ1) is 10.3. The summed E-state index contributed by atoms with van der Waals surface area (Å²) in [5.41, 5.74) is 2.54. The van der Waals surface area contributed by atoms with Gasteiger partial charge in [-0.05, 0) is 23.6 Å². The summed E-state index contributed by atoms with van der Waals surface area (Å²) in [7, 11) is 0. The summed E-state index contributed by atoms with van der Waals surface area (Å²) in [6.07, 6.45) is 7.04. The van der Waals surface area contributed by atoms with E-state index in [0.29, 0.717) is 0 Å². The molecule has 1 unspecified atom stereocenters. The Labute approximate surface area is 95.8 Å². The highest BCUT2D eigenvalue weighted by molar-refractivity contribution is 6.15. The number of nitrogens with zero attached hydrogens (tertiary/aromatic N) is 1. The Morgan fingerprint density at radius 2 is 2.00 bits per heavy atom. The summed E-state index contributed by atoms with van der Waals surface area (Å²) < 4.78 is 1.75. The average Bonchev–Trinajstić information content (AvgIpc) is 2.30. The topological polar surface area (TPSA) is 3.24 Å². The van der Waals surface area contributed by atoms with Crippen molar-refractivity contribution in [2.45, 2.75) is 19.4 Å². The number of allylic oxidation sites excluding steroid dienone is 2. The maximum absolute atomic E-state index is 6.13. The SMILES string of the molecule is CCC1C(c2ccccc2)=CC=CN1Cl. The molecule has 0 N–H and O–H groups in total. The second-order valence-electron chi connectivity index (χ2n) is 3.60. The van der Waals surface area contributed by atoms with Gasteiger partial charge in [0.1, 0.15) is 0 Å². The predicted molar refractivity (Wildman–Crippen MR) is 65.3 cm³/mol. The number of benzene rings is 1. The fraction of sp³-hybridized carbons (Fsp3) is 0.231. The molecule has 2 heteroatoms. The maximum atomic E-state index is 6.13. The minimum atomic E-state index is 0.277. The van der Waals surface area contributed by atoms with Crippen LogP contribution >= 0.6 is 11.8 Å². The largest absolute Gasteiger partial charge is 0.285 e. The number of hydrogen-bond donors (Lipinski definition) is 0. The van der Waals surface area contributed by atoms with E-state index in [0.717, 1.165) is 6.42 Å². The van der Waals surface area contributed by atoms with E-state index in [4.69, 9.17) is 11.8 Å². The zero-order chi connectivity index (χ0) is 10.7. The van der Waals surface area contributed by atoms with E-state index >= 15 is 0 Å². The fourth-order valence-electron chi connectivity index (χ4n) is 1.89. The molecule has 0 saturated carbocycles. The molecule has 1 aliphatic heterocycles. The molecule has 0 amide bonds. The van der Waals surface area contributed by atoms with E-state index < -0.39 is 0 Å². The van der Waals surface area contributed by atoms with Crippen molar-refractivity contribution in [2.24, 2.45) is 0 Å². The van der Waals surface area contributed by atoms with Crippen LogP contribution in [-0.4, -0.2) is 10.5 Å². The van der Waals surface area contributed by atoms with Gasteiger partial charge >= 0.3 is 0 Å². The van der Waals surface area contributed by atoms with Gasteiger partial charge in [-0.25, -0.2) is 0 Å². The summed E-state index contributed by atoms with van der Waals surface area (Å²) in [6.45, 7) is 2.15. The second kappa shape index (κ2) is 4.54. The highest BCUT2D eigenvalue weighted by Crippen LogP contribution is 2.29. The van der Waals surface area contributed by atoms with Gasteiger partial charge in [-0.3, -0.25) is 4.42 Å². The lowest BCUT2D eigenvalue weighted by Crippen LogP contribution is -2.25. The normalized spacial score (nSPS) is 20.3. The molecule has 1 aromatic rings. The van der Waals surface area contributed by atoms with Crippen LogP contribution in [-0.2, 0) is 0 Å². The van der Waals surface area contributed by atoms with Gasteiger partial charge in [-0.15, -0.1) is 0 Å². The first-order chi connectivity index (χ1) is 7.33. The molecule has 78 valence electrons. The Bertz CT molecular complexity index is 381. The molecule has 1 nitrogen and oxygen atoms in total. The third-order valence-corrected chi connectivity index (χ3v) is 3.00. The Morgan fingerprint density at radius 3 is 2.67 bits per heavy atom. The van der Waals surface area contributed by atoms with Gasteiger partial charge in [0.15, 0.2) is 0 Å². The summed E-state index contributed by atoms with van der Waals surface area (Å²) in [5, 5.41) is 0. The van der Waals surface area contributed by atoms with Gasteiger partial charge in [-0.2, -0.15) is 0 Å². The molecule has 0 bridgehead atoms. The van der Waals surface area contributed by atoms with Crippen molar-refractivity contribution in [3.05, 3.63) is 54.2 Å². The molecular formula is C13H14ClN. The number of halogens is 1.